The number of carbonyl (C=O) groups is 7. The number of phenols is 7. The van der Waals surface area contributed by atoms with Crippen molar-refractivity contribution in [3.8, 4) is 80.5 Å². The number of aromatic hydroxyl groups is 7. The second-order valence-corrected chi connectivity index (χ2v) is 28.2. The van der Waals surface area contributed by atoms with Gasteiger partial charge in [0.25, 0.3) is 0 Å². The van der Waals surface area contributed by atoms with E-state index in [4.69, 9.17) is 33.2 Å². The second kappa shape index (κ2) is 31.2. The SMILES string of the molecule is CCC(CC(C)(CC(C)(CC(C)(CC(C)(CC(C)(CC(C)(CC(C)(C)C(=O)Oc1ccc(O)cc1)C(=O)Oc1ccc(O)cc1)C(=O)Oc1ccc(O)cc1)C(=O)Oc1ccc(O)cc1)C(=O)Oc1ccc(O)cc1)C(=O)Oc1ccc(O)cc1)C(=O)Oc1ccc(O)cc1)c1ccccc1. The minimum atomic E-state index is -2.28. The fourth-order valence-corrected chi connectivity index (χ4v) is 13.6. The number of esters is 7. The number of hydrogen-bond acceptors (Lipinski definition) is 21. The first-order valence-electron chi connectivity index (χ1n) is 32.7. The lowest BCUT2D eigenvalue weighted by atomic mass is 9.57. The zero-order valence-electron chi connectivity index (χ0n) is 57.6. The molecule has 0 radical (unpaired) electrons. The number of carbonyl (C=O) groups excluding carboxylic acids is 7. The van der Waals surface area contributed by atoms with Crippen LogP contribution in [-0.2, 0) is 33.6 Å². The quantitative estimate of drug-likeness (QED) is 0.0162. The smallest absolute Gasteiger partial charge is 0.317 e. The Hall–Kier alpha value is -11.4. The van der Waals surface area contributed by atoms with E-state index >= 15 is 28.8 Å². The molecular weight excluding hydrogens is 1300 g/mol. The lowest BCUT2D eigenvalue weighted by Gasteiger charge is -2.46. The molecule has 0 spiro atoms. The molecule has 21 nitrogen and oxygen atoms in total. The molecule has 7 N–H and O–H groups in total. The molecule has 7 atom stereocenters. The van der Waals surface area contributed by atoms with Gasteiger partial charge in [0.2, 0.25) is 0 Å². The van der Waals surface area contributed by atoms with Gasteiger partial charge in [-0.3, -0.25) is 33.6 Å². The van der Waals surface area contributed by atoms with Crippen LogP contribution in [0.5, 0.6) is 80.5 Å². The molecule has 101 heavy (non-hydrogen) atoms. The van der Waals surface area contributed by atoms with Crippen LogP contribution in [0.2, 0.25) is 0 Å². The van der Waals surface area contributed by atoms with Gasteiger partial charge in [0.05, 0.1) is 37.9 Å². The molecule has 0 heterocycles. The van der Waals surface area contributed by atoms with E-state index < -0.39 is 118 Å². The zero-order chi connectivity index (χ0) is 73.7. The van der Waals surface area contributed by atoms with E-state index in [1.165, 1.54) is 218 Å². The van der Waals surface area contributed by atoms with Crippen molar-refractivity contribution < 1.29 is 102 Å². The highest BCUT2D eigenvalue weighted by atomic mass is 16.6. The van der Waals surface area contributed by atoms with Crippen LogP contribution in [0.4, 0.5) is 0 Å². The summed E-state index contributed by atoms with van der Waals surface area (Å²) in [6.45, 7) is 13.6. The first kappa shape index (κ1) is 75.4. The van der Waals surface area contributed by atoms with E-state index in [0.717, 1.165) is 5.56 Å². The third kappa shape index (κ3) is 19.7. The van der Waals surface area contributed by atoms with Gasteiger partial charge >= 0.3 is 41.8 Å². The first-order chi connectivity index (χ1) is 47.5. The molecule has 0 aliphatic carbocycles. The largest absolute Gasteiger partial charge is 0.508 e. The number of hydrogen-bond donors (Lipinski definition) is 7. The highest BCUT2D eigenvalue weighted by molar-refractivity contribution is 5.89. The van der Waals surface area contributed by atoms with Gasteiger partial charge < -0.3 is 68.9 Å². The van der Waals surface area contributed by atoms with Gasteiger partial charge in [-0.25, -0.2) is 0 Å². The zero-order valence-corrected chi connectivity index (χ0v) is 57.6. The predicted octanol–water partition coefficient (Wildman–Crippen LogP) is 15.2. The third-order valence-electron chi connectivity index (χ3n) is 18.0. The molecular formula is C80H84O21. The van der Waals surface area contributed by atoms with Crippen LogP contribution < -0.4 is 33.2 Å². The van der Waals surface area contributed by atoms with E-state index in [0.29, 0.717) is 6.42 Å². The molecule has 530 valence electrons. The first-order valence-corrected chi connectivity index (χ1v) is 32.7. The predicted molar refractivity (Wildman–Crippen MR) is 370 cm³/mol. The molecule has 0 fully saturated rings. The Kier molecular flexibility index (Phi) is 23.3. The van der Waals surface area contributed by atoms with Crippen LogP contribution in [-0.4, -0.2) is 77.5 Å². The maximum atomic E-state index is 16.1. The number of ether oxygens (including phenoxy) is 7. The normalized spacial score (nSPS) is 15.3. The summed E-state index contributed by atoms with van der Waals surface area (Å²) in [5.74, 6) is -9.07. The number of phenolic OH excluding ortho intramolecular Hbond substituents is 7. The molecule has 0 aliphatic rings. The molecule has 0 saturated carbocycles. The van der Waals surface area contributed by atoms with Crippen LogP contribution in [0.1, 0.15) is 125 Å². The van der Waals surface area contributed by atoms with Crippen molar-refractivity contribution >= 4 is 41.8 Å². The van der Waals surface area contributed by atoms with E-state index in [9.17, 15) is 40.5 Å². The fraction of sp³-hybridized carbons (Fsp3) is 0.312. The Bertz CT molecular complexity index is 4200. The lowest BCUT2D eigenvalue weighted by Crippen LogP contribution is -2.52. The monoisotopic (exact) mass is 1380 g/mol. The number of benzene rings is 8. The second-order valence-electron chi connectivity index (χ2n) is 28.2. The third-order valence-corrected chi connectivity index (χ3v) is 18.0. The topological polar surface area (TPSA) is 326 Å². The van der Waals surface area contributed by atoms with E-state index in [1.807, 2.05) is 37.3 Å². The van der Waals surface area contributed by atoms with Crippen LogP contribution >= 0.6 is 0 Å². The van der Waals surface area contributed by atoms with Crippen molar-refractivity contribution in [1.82, 2.24) is 0 Å². The maximum absolute atomic E-state index is 16.1. The highest BCUT2D eigenvalue weighted by Crippen LogP contribution is 2.56. The Morgan fingerprint density at radius 2 is 0.455 bits per heavy atom. The van der Waals surface area contributed by atoms with E-state index in [2.05, 4.69) is 0 Å². The van der Waals surface area contributed by atoms with Gasteiger partial charge in [-0.2, -0.15) is 0 Å². The summed E-state index contributed by atoms with van der Waals surface area (Å²) < 4.78 is 43.0. The molecule has 21 heteroatoms. The van der Waals surface area contributed by atoms with Gasteiger partial charge in [0.15, 0.2) is 0 Å². The standard InChI is InChI=1S/C80H84O21/c1-10-51(52-14-12-11-13-15-52)44-75(4,68(89)96-61-32-18-54(82)19-33-61)46-77(6,70(91)98-63-36-22-56(84)23-37-63)48-79(8,72(93)100-65-40-26-58(86)27-41-65)50-80(9,73(94)101-66-42-28-59(87)29-43-66)49-78(7,71(92)99-64-38-24-57(85)25-39-64)47-76(5,69(90)97-62-34-20-55(83)21-35-62)45-74(2,3)67(88)95-60-30-16-53(81)17-31-60/h11-43,51,81-87H,10,44-50H2,1-9H3. The van der Waals surface area contributed by atoms with Gasteiger partial charge in [0, 0.05) is 0 Å². The molecule has 7 unspecified atom stereocenters. The molecule has 8 rings (SSSR count). The van der Waals surface area contributed by atoms with Gasteiger partial charge in [-0.05, 0) is 288 Å². The van der Waals surface area contributed by atoms with E-state index in [1.54, 1.807) is 6.92 Å². The minimum Gasteiger partial charge on any atom is -0.508 e. The highest BCUT2D eigenvalue weighted by Gasteiger charge is 2.59. The number of rotatable bonds is 30. The molecule has 0 amide bonds. The van der Waals surface area contributed by atoms with Crippen molar-refractivity contribution in [3.05, 3.63) is 206 Å². The van der Waals surface area contributed by atoms with Crippen LogP contribution in [0.15, 0.2) is 200 Å². The Balaban J connectivity index is 1.35. The lowest BCUT2D eigenvalue weighted by molar-refractivity contribution is -0.165. The summed E-state index contributed by atoms with van der Waals surface area (Å²) in [5, 5.41) is 72.2. The van der Waals surface area contributed by atoms with Crippen molar-refractivity contribution in [2.45, 2.75) is 120 Å². The molecule has 0 aromatic heterocycles. The van der Waals surface area contributed by atoms with Crippen LogP contribution in [0, 0.1) is 37.9 Å². The summed E-state index contributed by atoms with van der Waals surface area (Å²) in [6.07, 6.45) is -3.32. The van der Waals surface area contributed by atoms with Crippen molar-refractivity contribution in [3.63, 3.8) is 0 Å². The Morgan fingerprint density at radius 3 is 0.673 bits per heavy atom. The van der Waals surface area contributed by atoms with Gasteiger partial charge in [0.1, 0.15) is 80.5 Å². The molecule has 8 aromatic rings. The Morgan fingerprint density at radius 1 is 0.267 bits per heavy atom. The molecule has 0 saturated heterocycles. The van der Waals surface area contributed by atoms with Crippen molar-refractivity contribution in [2.75, 3.05) is 0 Å². The minimum absolute atomic E-state index is 0.0125. The van der Waals surface area contributed by atoms with Crippen molar-refractivity contribution in [1.29, 1.82) is 0 Å². The molecule has 0 aliphatic heterocycles. The van der Waals surface area contributed by atoms with Gasteiger partial charge in [-0.1, -0.05) is 37.3 Å². The van der Waals surface area contributed by atoms with Gasteiger partial charge in [-0.15, -0.1) is 0 Å². The summed E-state index contributed by atoms with van der Waals surface area (Å²) in [7, 11) is 0. The van der Waals surface area contributed by atoms with Crippen LogP contribution in [0.25, 0.3) is 0 Å². The van der Waals surface area contributed by atoms with E-state index in [-0.39, 0.29) is 92.8 Å². The fourth-order valence-electron chi connectivity index (χ4n) is 13.6. The summed E-state index contributed by atoms with van der Waals surface area (Å²) in [4.78, 5) is 110. The Labute approximate surface area is 585 Å². The molecule has 8 aromatic carbocycles. The van der Waals surface area contributed by atoms with Crippen LogP contribution in [0.3, 0.4) is 0 Å². The van der Waals surface area contributed by atoms with Crippen molar-refractivity contribution in [2.24, 2.45) is 37.9 Å². The summed E-state index contributed by atoms with van der Waals surface area (Å²) >= 11 is 0. The molecule has 0 bridgehead atoms. The summed E-state index contributed by atoms with van der Waals surface area (Å²) in [6, 6.07) is 45.7. The average Bonchev–Trinajstić information content (AvgIpc) is 0.752. The summed E-state index contributed by atoms with van der Waals surface area (Å²) in [5.41, 5.74) is -13.4. The average molecular weight is 1380 g/mol. The maximum Gasteiger partial charge on any atom is 0.317 e.